The number of rotatable bonds is 10. The first kappa shape index (κ1) is 37.8. The molecular weight excluding hydrogens is 552 g/mol. The van der Waals surface area contributed by atoms with Gasteiger partial charge in [0, 0.05) is 34.5 Å². The fourth-order valence-corrected chi connectivity index (χ4v) is 3.64. The molecule has 0 heterocycles. The highest BCUT2D eigenvalue weighted by atomic mass is 32.3. The number of hydrogen-bond donors (Lipinski definition) is 6. The number of nitrogens with one attached hydrogen (secondary N) is 2. The predicted molar refractivity (Wildman–Crippen MR) is 161 cm³/mol. The summed E-state index contributed by atoms with van der Waals surface area (Å²) in [5.74, 6) is -0.693. The van der Waals surface area contributed by atoms with Crippen molar-refractivity contribution >= 4 is 33.7 Å². The summed E-state index contributed by atoms with van der Waals surface area (Å²) in [5.41, 5.74) is 12.8. The van der Waals surface area contributed by atoms with Crippen LogP contribution in [0, 0.1) is 0 Å². The maximum Gasteiger partial charge on any atom is 0.394 e. The largest absolute Gasteiger partial charge is 0.460 e. The van der Waals surface area contributed by atoms with E-state index in [2.05, 4.69) is 38.3 Å². The number of nitrogen functional groups attached to an aromatic ring is 2. The molecule has 232 valence electrons. The quantitative estimate of drug-likeness (QED) is 0.131. The summed E-state index contributed by atoms with van der Waals surface area (Å²) in [6, 6.07) is 14.3. The van der Waals surface area contributed by atoms with Crippen molar-refractivity contribution < 1.29 is 36.6 Å². The Morgan fingerprint density at radius 3 is 1.29 bits per heavy atom. The van der Waals surface area contributed by atoms with E-state index in [4.69, 9.17) is 38.5 Å². The number of carbonyl (C=O) groups is 2. The Balaban J connectivity index is 0.000000671. The van der Waals surface area contributed by atoms with Crippen LogP contribution >= 0.6 is 0 Å². The van der Waals surface area contributed by atoms with E-state index in [-0.39, 0.29) is 23.0 Å². The molecule has 0 amide bonds. The average Bonchev–Trinajstić information content (AvgIpc) is 2.79. The van der Waals surface area contributed by atoms with Gasteiger partial charge < -0.3 is 31.6 Å². The van der Waals surface area contributed by atoms with Gasteiger partial charge in [-0.2, -0.15) is 8.42 Å². The van der Waals surface area contributed by atoms with Crippen molar-refractivity contribution in [1.29, 1.82) is 0 Å². The van der Waals surface area contributed by atoms with E-state index in [1.165, 1.54) is 0 Å². The lowest BCUT2D eigenvalue weighted by atomic mass is 10.1. The van der Waals surface area contributed by atoms with Crippen LogP contribution in [0.15, 0.2) is 48.5 Å². The molecule has 41 heavy (non-hydrogen) atoms. The molecule has 0 saturated heterocycles. The third-order valence-electron chi connectivity index (χ3n) is 4.73. The molecule has 0 aromatic heterocycles. The molecule has 2 aromatic carbocycles. The third kappa shape index (κ3) is 20.3. The maximum absolute atomic E-state index is 11.8. The van der Waals surface area contributed by atoms with Gasteiger partial charge in [-0.3, -0.25) is 9.11 Å². The summed E-state index contributed by atoms with van der Waals surface area (Å²) >= 11 is 0. The molecule has 0 aliphatic rings. The Kier molecular flexibility index (Phi) is 15.6. The van der Waals surface area contributed by atoms with Crippen LogP contribution in [-0.2, 0) is 19.9 Å². The van der Waals surface area contributed by atoms with E-state index in [1.807, 2.05) is 27.7 Å². The number of benzene rings is 2. The average molecular weight is 599 g/mol. The topological polar surface area (TPSA) is 203 Å². The van der Waals surface area contributed by atoms with E-state index >= 15 is 0 Å². The standard InChI is InChI=1S/2C14H22N2O2.H2O4S/c2*1-10(2)16-14(3,4)9-18-13(17)11-6-5-7-12(15)8-11;1-5(2,3)4/h2*5-8,10,16H,9,15H2,1-4H3;(H2,1,2,3,4). The second-order valence-corrected chi connectivity index (χ2v) is 12.1. The molecule has 12 nitrogen and oxygen atoms in total. The number of hydrogen-bond acceptors (Lipinski definition) is 10. The molecule has 2 aromatic rings. The number of carbonyl (C=O) groups excluding carboxylic acids is 2. The first-order chi connectivity index (χ1) is 18.6. The van der Waals surface area contributed by atoms with Gasteiger partial charge in [0.2, 0.25) is 0 Å². The fourth-order valence-electron chi connectivity index (χ4n) is 3.64. The van der Waals surface area contributed by atoms with Crippen LogP contribution in [0.1, 0.15) is 76.1 Å². The van der Waals surface area contributed by atoms with E-state index in [1.54, 1.807) is 48.5 Å². The van der Waals surface area contributed by atoms with Crippen LogP contribution in [0.5, 0.6) is 0 Å². The zero-order valence-corrected chi connectivity index (χ0v) is 25.9. The summed E-state index contributed by atoms with van der Waals surface area (Å²) < 4.78 is 42.2. The summed E-state index contributed by atoms with van der Waals surface area (Å²) in [4.78, 5) is 23.6. The van der Waals surface area contributed by atoms with Crippen LogP contribution in [0.25, 0.3) is 0 Å². The van der Waals surface area contributed by atoms with Crippen LogP contribution in [0.2, 0.25) is 0 Å². The van der Waals surface area contributed by atoms with Gasteiger partial charge in [0.1, 0.15) is 13.2 Å². The van der Waals surface area contributed by atoms with Crippen molar-refractivity contribution in [1.82, 2.24) is 10.6 Å². The minimum atomic E-state index is -4.67. The number of anilines is 2. The van der Waals surface area contributed by atoms with Gasteiger partial charge in [0.05, 0.1) is 11.1 Å². The third-order valence-corrected chi connectivity index (χ3v) is 4.73. The van der Waals surface area contributed by atoms with Gasteiger partial charge >= 0.3 is 22.3 Å². The Morgan fingerprint density at radius 2 is 1.05 bits per heavy atom. The Hall–Kier alpha value is -3.23. The van der Waals surface area contributed by atoms with Gasteiger partial charge in [-0.25, -0.2) is 9.59 Å². The molecule has 0 bridgehead atoms. The van der Waals surface area contributed by atoms with Crippen LogP contribution in [0.3, 0.4) is 0 Å². The second-order valence-electron chi connectivity index (χ2n) is 11.2. The van der Waals surface area contributed by atoms with Gasteiger partial charge in [-0.15, -0.1) is 0 Å². The Labute approximate surface area is 243 Å². The SMILES string of the molecule is CC(C)NC(C)(C)COC(=O)c1cccc(N)c1.CC(C)NC(C)(C)COC(=O)c1cccc(N)c1.O=S(=O)(O)O. The molecular formula is C28H46N4O8S. The van der Waals surface area contributed by atoms with E-state index in [0.717, 1.165) is 0 Å². The normalized spacial score (nSPS) is 11.6. The van der Waals surface area contributed by atoms with Gasteiger partial charge in [0.25, 0.3) is 0 Å². The first-order valence-electron chi connectivity index (χ1n) is 12.9. The van der Waals surface area contributed by atoms with Crippen LogP contribution in [0.4, 0.5) is 11.4 Å². The highest BCUT2D eigenvalue weighted by Crippen LogP contribution is 2.12. The number of nitrogens with two attached hydrogens (primary N) is 2. The van der Waals surface area contributed by atoms with E-state index < -0.39 is 10.4 Å². The van der Waals surface area contributed by atoms with E-state index in [9.17, 15) is 9.59 Å². The lowest BCUT2D eigenvalue weighted by Crippen LogP contribution is -2.47. The van der Waals surface area contributed by atoms with Gasteiger partial charge in [0.15, 0.2) is 0 Å². The van der Waals surface area contributed by atoms with Crippen LogP contribution in [-0.4, -0.2) is 65.8 Å². The summed E-state index contributed by atoms with van der Waals surface area (Å²) in [5, 5.41) is 6.67. The van der Waals surface area contributed by atoms with Gasteiger partial charge in [-0.05, 0) is 64.1 Å². The molecule has 8 N–H and O–H groups in total. The highest BCUT2D eigenvalue weighted by molar-refractivity contribution is 7.79. The number of esters is 2. The van der Waals surface area contributed by atoms with E-state index in [0.29, 0.717) is 47.8 Å². The molecule has 2 rings (SSSR count). The molecule has 0 aliphatic heterocycles. The highest BCUT2D eigenvalue weighted by Gasteiger charge is 2.22. The number of ether oxygens (including phenoxy) is 2. The van der Waals surface area contributed by atoms with Crippen molar-refractivity contribution in [3.8, 4) is 0 Å². The minimum absolute atomic E-state index is 0.246. The second kappa shape index (κ2) is 16.9. The molecule has 0 saturated carbocycles. The summed E-state index contributed by atoms with van der Waals surface area (Å²) in [7, 11) is -4.67. The Morgan fingerprint density at radius 1 is 0.756 bits per heavy atom. The summed E-state index contributed by atoms with van der Waals surface area (Å²) in [6.07, 6.45) is 0. The molecule has 0 atom stereocenters. The van der Waals surface area contributed by atoms with Crippen molar-refractivity contribution in [3.63, 3.8) is 0 Å². The molecule has 0 unspecified atom stereocenters. The van der Waals surface area contributed by atoms with Crippen molar-refractivity contribution in [2.45, 2.75) is 78.6 Å². The van der Waals surface area contributed by atoms with Crippen molar-refractivity contribution in [2.24, 2.45) is 0 Å². The lowest BCUT2D eigenvalue weighted by Gasteiger charge is -2.28. The molecule has 0 aliphatic carbocycles. The zero-order chi connectivity index (χ0) is 32.0. The summed E-state index contributed by atoms with van der Waals surface area (Å²) in [6.45, 7) is 16.9. The molecule has 0 spiro atoms. The monoisotopic (exact) mass is 598 g/mol. The molecule has 0 radical (unpaired) electrons. The lowest BCUT2D eigenvalue weighted by molar-refractivity contribution is 0.0386. The Bertz CT molecular complexity index is 1130. The molecule has 13 heteroatoms. The smallest absolute Gasteiger partial charge is 0.394 e. The zero-order valence-electron chi connectivity index (χ0n) is 25.1. The fraction of sp³-hybridized carbons (Fsp3) is 0.500. The first-order valence-corrected chi connectivity index (χ1v) is 14.3. The van der Waals surface area contributed by atoms with Gasteiger partial charge in [-0.1, -0.05) is 39.8 Å². The van der Waals surface area contributed by atoms with Crippen molar-refractivity contribution in [3.05, 3.63) is 59.7 Å². The molecule has 0 fully saturated rings. The van der Waals surface area contributed by atoms with Crippen LogP contribution < -0.4 is 22.1 Å². The maximum atomic E-state index is 11.8. The predicted octanol–water partition coefficient (Wildman–Crippen LogP) is 3.75. The van der Waals surface area contributed by atoms with Crippen molar-refractivity contribution in [2.75, 3.05) is 24.7 Å². The minimum Gasteiger partial charge on any atom is -0.460 e.